The van der Waals surface area contributed by atoms with E-state index in [9.17, 15) is 0 Å². The van der Waals surface area contributed by atoms with Crippen molar-refractivity contribution in [1.29, 1.82) is 0 Å². The van der Waals surface area contributed by atoms with Crippen molar-refractivity contribution in [2.75, 3.05) is 12.1 Å². The van der Waals surface area contributed by atoms with Crippen molar-refractivity contribution in [1.82, 2.24) is 0 Å². The van der Waals surface area contributed by atoms with Crippen molar-refractivity contribution < 1.29 is 4.84 Å². The molecule has 0 radical (unpaired) electrons. The first-order chi connectivity index (χ1) is 10.7. The van der Waals surface area contributed by atoms with Gasteiger partial charge in [0.25, 0.3) is 0 Å². The van der Waals surface area contributed by atoms with Crippen LogP contribution in [0.2, 0.25) is 0 Å². The van der Waals surface area contributed by atoms with E-state index in [1.165, 1.54) is 24.8 Å². The quantitative estimate of drug-likeness (QED) is 0.583. The van der Waals surface area contributed by atoms with Crippen molar-refractivity contribution in [2.45, 2.75) is 39.2 Å². The summed E-state index contributed by atoms with van der Waals surface area (Å²) < 4.78 is 0. The Bertz CT molecular complexity index is 549. The maximum Gasteiger partial charge on any atom is 0.155 e. The number of hydrogen-bond acceptors (Lipinski definition) is 3. The van der Waals surface area contributed by atoms with Crippen LogP contribution < -0.4 is 15.6 Å². The van der Waals surface area contributed by atoms with Gasteiger partial charge >= 0.3 is 0 Å². The Morgan fingerprint density at radius 3 is 2.14 bits per heavy atom. The SMILES string of the molecule is CCCCCc1ccc(N(C)Oc2ccc(CN)cc2)cc1. The van der Waals surface area contributed by atoms with Gasteiger partial charge in [0.1, 0.15) is 0 Å². The minimum Gasteiger partial charge on any atom is -0.380 e. The van der Waals surface area contributed by atoms with Gasteiger partial charge < -0.3 is 10.6 Å². The van der Waals surface area contributed by atoms with Gasteiger partial charge in [-0.05, 0) is 48.2 Å². The lowest BCUT2D eigenvalue weighted by Gasteiger charge is -2.20. The van der Waals surface area contributed by atoms with E-state index in [-0.39, 0.29) is 0 Å². The number of benzene rings is 2. The van der Waals surface area contributed by atoms with Crippen molar-refractivity contribution in [3.63, 3.8) is 0 Å². The Morgan fingerprint density at radius 1 is 0.909 bits per heavy atom. The molecule has 0 aliphatic carbocycles. The van der Waals surface area contributed by atoms with Crippen LogP contribution in [0.1, 0.15) is 37.3 Å². The van der Waals surface area contributed by atoms with Crippen LogP contribution in [0.4, 0.5) is 5.69 Å². The van der Waals surface area contributed by atoms with Gasteiger partial charge in [0.05, 0.1) is 5.69 Å². The molecule has 3 heteroatoms. The predicted octanol–water partition coefficient (Wildman–Crippen LogP) is 4.31. The summed E-state index contributed by atoms with van der Waals surface area (Å²) in [6, 6.07) is 16.4. The highest BCUT2D eigenvalue weighted by atomic mass is 16.7. The molecule has 2 N–H and O–H groups in total. The molecule has 3 nitrogen and oxygen atoms in total. The highest BCUT2D eigenvalue weighted by Crippen LogP contribution is 2.19. The number of nitrogens with zero attached hydrogens (tertiary/aromatic N) is 1. The van der Waals surface area contributed by atoms with Gasteiger partial charge in [-0.2, -0.15) is 0 Å². The summed E-state index contributed by atoms with van der Waals surface area (Å²) >= 11 is 0. The fraction of sp³-hybridized carbons (Fsp3) is 0.368. The molecule has 0 aliphatic rings. The molecule has 0 spiro atoms. The van der Waals surface area contributed by atoms with E-state index in [4.69, 9.17) is 10.6 Å². The first-order valence-electron chi connectivity index (χ1n) is 8.02. The fourth-order valence-corrected chi connectivity index (χ4v) is 2.35. The second-order valence-electron chi connectivity index (χ2n) is 5.56. The third-order valence-corrected chi connectivity index (χ3v) is 3.77. The number of unbranched alkanes of at least 4 members (excludes halogenated alkanes) is 2. The fourth-order valence-electron chi connectivity index (χ4n) is 2.35. The molecule has 0 saturated heterocycles. The minimum atomic E-state index is 0.551. The van der Waals surface area contributed by atoms with E-state index < -0.39 is 0 Å². The molecule has 0 heterocycles. The average molecular weight is 298 g/mol. The average Bonchev–Trinajstić information content (AvgIpc) is 2.56. The highest BCUT2D eigenvalue weighted by Gasteiger charge is 2.04. The topological polar surface area (TPSA) is 38.5 Å². The third kappa shape index (κ3) is 4.78. The van der Waals surface area contributed by atoms with E-state index in [2.05, 4.69) is 31.2 Å². The zero-order valence-electron chi connectivity index (χ0n) is 13.6. The lowest BCUT2D eigenvalue weighted by atomic mass is 10.1. The smallest absolute Gasteiger partial charge is 0.155 e. The van der Waals surface area contributed by atoms with Crippen LogP contribution in [0, 0.1) is 0 Å². The van der Waals surface area contributed by atoms with Crippen LogP contribution in [-0.2, 0) is 13.0 Å². The standard InChI is InChI=1S/C19H26N2O/c1-3-4-5-6-16-7-11-18(12-8-16)21(2)22-19-13-9-17(15-20)10-14-19/h7-14H,3-6,15,20H2,1-2H3. The van der Waals surface area contributed by atoms with Crippen LogP contribution in [0.5, 0.6) is 5.75 Å². The van der Waals surface area contributed by atoms with E-state index in [1.807, 2.05) is 31.3 Å². The second kappa shape index (κ2) is 8.44. The molecule has 2 aromatic rings. The maximum absolute atomic E-state index is 5.83. The summed E-state index contributed by atoms with van der Waals surface area (Å²) in [4.78, 5) is 5.83. The van der Waals surface area contributed by atoms with Gasteiger partial charge in [-0.25, -0.2) is 5.06 Å². The van der Waals surface area contributed by atoms with Crippen molar-refractivity contribution in [2.24, 2.45) is 5.73 Å². The second-order valence-corrected chi connectivity index (χ2v) is 5.56. The van der Waals surface area contributed by atoms with Gasteiger partial charge in [-0.1, -0.05) is 44.0 Å². The molecule has 0 bridgehead atoms. The van der Waals surface area contributed by atoms with Gasteiger partial charge in [-0.3, -0.25) is 0 Å². The van der Waals surface area contributed by atoms with E-state index in [0.29, 0.717) is 6.54 Å². The molecule has 0 aliphatic heterocycles. The first kappa shape index (κ1) is 16.4. The predicted molar refractivity (Wildman–Crippen MR) is 93.0 cm³/mol. The largest absolute Gasteiger partial charge is 0.380 e. The molecular weight excluding hydrogens is 272 g/mol. The zero-order chi connectivity index (χ0) is 15.8. The van der Waals surface area contributed by atoms with Gasteiger partial charge in [-0.15, -0.1) is 0 Å². The van der Waals surface area contributed by atoms with Crippen LogP contribution in [-0.4, -0.2) is 7.05 Å². The molecular formula is C19H26N2O. The number of nitrogens with two attached hydrogens (primary N) is 1. The summed E-state index contributed by atoms with van der Waals surface area (Å²) in [6.07, 6.45) is 4.97. The van der Waals surface area contributed by atoms with Crippen molar-refractivity contribution in [3.05, 3.63) is 59.7 Å². The summed E-state index contributed by atoms with van der Waals surface area (Å²) in [5, 5.41) is 1.78. The summed E-state index contributed by atoms with van der Waals surface area (Å²) in [5.41, 5.74) is 9.13. The molecule has 0 fully saturated rings. The van der Waals surface area contributed by atoms with E-state index in [0.717, 1.165) is 23.4 Å². The third-order valence-electron chi connectivity index (χ3n) is 3.77. The molecule has 2 rings (SSSR count). The minimum absolute atomic E-state index is 0.551. The van der Waals surface area contributed by atoms with Crippen LogP contribution >= 0.6 is 0 Å². The Morgan fingerprint density at radius 2 is 1.55 bits per heavy atom. The molecule has 0 saturated carbocycles. The molecule has 0 atom stereocenters. The Labute approximate surface area is 133 Å². The van der Waals surface area contributed by atoms with Crippen molar-refractivity contribution >= 4 is 5.69 Å². The molecule has 22 heavy (non-hydrogen) atoms. The summed E-state index contributed by atoms with van der Waals surface area (Å²) in [6.45, 7) is 2.78. The normalized spacial score (nSPS) is 10.5. The van der Waals surface area contributed by atoms with Crippen molar-refractivity contribution in [3.8, 4) is 5.75 Å². The van der Waals surface area contributed by atoms with Crippen LogP contribution in [0.3, 0.4) is 0 Å². The Hall–Kier alpha value is -2.00. The number of anilines is 1. The van der Waals surface area contributed by atoms with Crippen LogP contribution in [0.25, 0.3) is 0 Å². The first-order valence-corrected chi connectivity index (χ1v) is 8.02. The number of hydroxylamine groups is 1. The van der Waals surface area contributed by atoms with Gasteiger partial charge in [0.15, 0.2) is 5.75 Å². The molecule has 0 amide bonds. The Balaban J connectivity index is 1.92. The number of rotatable bonds is 8. The molecule has 118 valence electrons. The number of aryl methyl sites for hydroxylation is 1. The van der Waals surface area contributed by atoms with Gasteiger partial charge in [0.2, 0.25) is 0 Å². The lowest BCUT2D eigenvalue weighted by Crippen LogP contribution is -2.21. The number of hydrogen-bond donors (Lipinski definition) is 1. The summed E-state index contributed by atoms with van der Waals surface area (Å²) in [7, 11) is 1.92. The Kier molecular flexibility index (Phi) is 6.28. The zero-order valence-corrected chi connectivity index (χ0v) is 13.6. The summed E-state index contributed by atoms with van der Waals surface area (Å²) in [5.74, 6) is 0.812. The van der Waals surface area contributed by atoms with E-state index >= 15 is 0 Å². The lowest BCUT2D eigenvalue weighted by molar-refractivity contribution is 0.303. The van der Waals surface area contributed by atoms with Gasteiger partial charge in [0, 0.05) is 13.6 Å². The van der Waals surface area contributed by atoms with E-state index in [1.54, 1.807) is 5.06 Å². The molecule has 2 aromatic carbocycles. The monoisotopic (exact) mass is 298 g/mol. The maximum atomic E-state index is 5.83. The van der Waals surface area contributed by atoms with Crippen LogP contribution in [0.15, 0.2) is 48.5 Å². The molecule has 0 aromatic heterocycles. The molecule has 0 unspecified atom stereocenters. The highest BCUT2D eigenvalue weighted by molar-refractivity contribution is 5.45.